The Morgan fingerprint density at radius 1 is 1.32 bits per heavy atom. The molecule has 1 N–H and O–H groups in total. The number of rotatable bonds is 4. The summed E-state index contributed by atoms with van der Waals surface area (Å²) in [5, 5.41) is 9.24. The zero-order valence-electron chi connectivity index (χ0n) is 12.7. The van der Waals surface area contributed by atoms with Gasteiger partial charge in [-0.25, -0.2) is 0 Å². The summed E-state index contributed by atoms with van der Waals surface area (Å²) in [7, 11) is 0. The molecule has 1 aromatic carbocycles. The minimum atomic E-state index is 0.133. The SMILES string of the molecule is CC(C)c1ccccc1N1CCC(CCO)C1(C)C. The first-order valence-electron chi connectivity index (χ1n) is 7.46. The second-order valence-corrected chi connectivity index (χ2v) is 6.52. The van der Waals surface area contributed by atoms with Gasteiger partial charge in [-0.2, -0.15) is 0 Å². The van der Waals surface area contributed by atoms with Crippen LogP contribution < -0.4 is 4.90 Å². The highest BCUT2D eigenvalue weighted by Gasteiger charge is 2.41. The van der Waals surface area contributed by atoms with Crippen LogP contribution in [0.1, 0.15) is 52.0 Å². The highest BCUT2D eigenvalue weighted by Crippen LogP contribution is 2.42. The molecule has 0 aliphatic carbocycles. The zero-order valence-corrected chi connectivity index (χ0v) is 12.7. The van der Waals surface area contributed by atoms with Gasteiger partial charge in [0.2, 0.25) is 0 Å². The summed E-state index contributed by atoms with van der Waals surface area (Å²) in [6.45, 7) is 10.5. The van der Waals surface area contributed by atoms with Gasteiger partial charge in [0.25, 0.3) is 0 Å². The highest BCUT2D eigenvalue weighted by molar-refractivity contribution is 5.57. The quantitative estimate of drug-likeness (QED) is 0.891. The molecule has 1 unspecified atom stereocenters. The molecule has 0 saturated carbocycles. The van der Waals surface area contributed by atoms with Crippen molar-refractivity contribution in [2.75, 3.05) is 18.1 Å². The average Bonchev–Trinajstić information content (AvgIpc) is 2.65. The number of para-hydroxylation sites is 1. The summed E-state index contributed by atoms with van der Waals surface area (Å²) >= 11 is 0. The van der Waals surface area contributed by atoms with Gasteiger partial charge in [0, 0.05) is 24.4 Å². The topological polar surface area (TPSA) is 23.5 Å². The normalized spacial score (nSPS) is 22.2. The van der Waals surface area contributed by atoms with Crippen LogP contribution in [0.25, 0.3) is 0 Å². The van der Waals surface area contributed by atoms with Crippen molar-refractivity contribution in [3.8, 4) is 0 Å². The van der Waals surface area contributed by atoms with Crippen LogP contribution >= 0.6 is 0 Å². The summed E-state index contributed by atoms with van der Waals surface area (Å²) in [6.07, 6.45) is 2.09. The molecule has 0 aromatic heterocycles. The predicted molar refractivity (Wildman–Crippen MR) is 81.8 cm³/mol. The molecule has 0 radical (unpaired) electrons. The number of nitrogens with zero attached hydrogens (tertiary/aromatic N) is 1. The standard InChI is InChI=1S/C17H27NO/c1-13(2)15-7-5-6-8-16(15)18-11-9-14(10-12-19)17(18,3)4/h5-8,13-14,19H,9-12H2,1-4H3. The second kappa shape index (κ2) is 5.54. The van der Waals surface area contributed by atoms with E-state index in [4.69, 9.17) is 0 Å². The Morgan fingerprint density at radius 3 is 2.63 bits per heavy atom. The molecule has 1 heterocycles. The van der Waals surface area contributed by atoms with E-state index in [9.17, 15) is 5.11 Å². The molecule has 0 bridgehead atoms. The molecule has 2 heteroatoms. The number of hydrogen-bond acceptors (Lipinski definition) is 2. The Bertz CT molecular complexity index is 425. The lowest BCUT2D eigenvalue weighted by Crippen LogP contribution is -2.43. The van der Waals surface area contributed by atoms with Crippen LogP contribution in [0.3, 0.4) is 0 Å². The van der Waals surface area contributed by atoms with E-state index >= 15 is 0 Å². The van der Waals surface area contributed by atoms with Crippen molar-refractivity contribution in [2.24, 2.45) is 5.92 Å². The monoisotopic (exact) mass is 261 g/mol. The molecule has 0 amide bonds. The fraction of sp³-hybridized carbons (Fsp3) is 0.647. The van der Waals surface area contributed by atoms with Gasteiger partial charge in [-0.3, -0.25) is 0 Å². The van der Waals surface area contributed by atoms with E-state index in [0.717, 1.165) is 13.0 Å². The summed E-state index contributed by atoms with van der Waals surface area (Å²) < 4.78 is 0. The van der Waals surface area contributed by atoms with Crippen LogP contribution in [-0.2, 0) is 0 Å². The van der Waals surface area contributed by atoms with Crippen molar-refractivity contribution in [1.29, 1.82) is 0 Å². The Balaban J connectivity index is 2.33. The Labute approximate surface area is 117 Å². The van der Waals surface area contributed by atoms with Crippen LogP contribution in [0.4, 0.5) is 5.69 Å². The molecule has 1 aliphatic rings. The van der Waals surface area contributed by atoms with Crippen LogP contribution in [-0.4, -0.2) is 23.8 Å². The summed E-state index contributed by atoms with van der Waals surface area (Å²) in [5.41, 5.74) is 2.94. The third kappa shape index (κ3) is 2.64. The molecule has 106 valence electrons. The van der Waals surface area contributed by atoms with Gasteiger partial charge in [0.05, 0.1) is 0 Å². The van der Waals surface area contributed by atoms with Crippen molar-refractivity contribution in [1.82, 2.24) is 0 Å². The molecule has 0 spiro atoms. The van der Waals surface area contributed by atoms with E-state index in [1.54, 1.807) is 0 Å². The first-order valence-corrected chi connectivity index (χ1v) is 7.46. The molecule has 1 aliphatic heterocycles. The second-order valence-electron chi connectivity index (χ2n) is 6.52. The van der Waals surface area contributed by atoms with Crippen molar-refractivity contribution >= 4 is 5.69 Å². The number of benzene rings is 1. The Kier molecular flexibility index (Phi) is 4.19. The molecule has 19 heavy (non-hydrogen) atoms. The minimum Gasteiger partial charge on any atom is -0.396 e. The Hall–Kier alpha value is -1.02. The highest BCUT2D eigenvalue weighted by atomic mass is 16.3. The van der Waals surface area contributed by atoms with E-state index < -0.39 is 0 Å². The number of hydrogen-bond donors (Lipinski definition) is 1. The van der Waals surface area contributed by atoms with Crippen LogP contribution in [0.5, 0.6) is 0 Å². The molecule has 1 atom stereocenters. The van der Waals surface area contributed by atoms with E-state index in [-0.39, 0.29) is 5.54 Å². The van der Waals surface area contributed by atoms with E-state index in [0.29, 0.717) is 18.4 Å². The maximum Gasteiger partial charge on any atom is 0.0434 e. The van der Waals surface area contributed by atoms with Gasteiger partial charge in [-0.05, 0) is 50.2 Å². The fourth-order valence-corrected chi connectivity index (χ4v) is 3.45. The molecule has 1 aromatic rings. The predicted octanol–water partition coefficient (Wildman–Crippen LogP) is 3.80. The van der Waals surface area contributed by atoms with Gasteiger partial charge in [0.1, 0.15) is 0 Å². The van der Waals surface area contributed by atoms with Gasteiger partial charge in [0.15, 0.2) is 0 Å². The number of anilines is 1. The lowest BCUT2D eigenvalue weighted by Gasteiger charge is -2.39. The van der Waals surface area contributed by atoms with Gasteiger partial charge >= 0.3 is 0 Å². The summed E-state index contributed by atoms with van der Waals surface area (Å²) in [4.78, 5) is 2.54. The Morgan fingerprint density at radius 2 is 2.00 bits per heavy atom. The van der Waals surface area contributed by atoms with Gasteiger partial charge in [-0.1, -0.05) is 32.0 Å². The molecule has 2 rings (SSSR count). The average molecular weight is 261 g/mol. The third-order valence-corrected chi connectivity index (χ3v) is 4.72. The molecule has 2 nitrogen and oxygen atoms in total. The number of aliphatic hydroxyl groups is 1. The zero-order chi connectivity index (χ0) is 14.0. The van der Waals surface area contributed by atoms with Crippen LogP contribution in [0.2, 0.25) is 0 Å². The van der Waals surface area contributed by atoms with E-state index in [1.807, 2.05) is 0 Å². The minimum absolute atomic E-state index is 0.133. The van der Waals surface area contributed by atoms with Crippen molar-refractivity contribution in [3.63, 3.8) is 0 Å². The molecular weight excluding hydrogens is 234 g/mol. The fourth-order valence-electron chi connectivity index (χ4n) is 3.45. The molecular formula is C17H27NO. The molecule has 1 saturated heterocycles. The molecule has 1 fully saturated rings. The largest absolute Gasteiger partial charge is 0.396 e. The number of aliphatic hydroxyl groups excluding tert-OH is 1. The maximum atomic E-state index is 9.24. The maximum absolute atomic E-state index is 9.24. The van der Waals surface area contributed by atoms with E-state index in [2.05, 4.69) is 56.9 Å². The van der Waals surface area contributed by atoms with E-state index in [1.165, 1.54) is 17.7 Å². The van der Waals surface area contributed by atoms with Crippen molar-refractivity contribution in [2.45, 2.75) is 52.0 Å². The lowest BCUT2D eigenvalue weighted by atomic mass is 9.85. The summed E-state index contributed by atoms with van der Waals surface area (Å²) in [6, 6.07) is 8.76. The first kappa shape index (κ1) is 14.4. The first-order chi connectivity index (χ1) is 8.98. The van der Waals surface area contributed by atoms with Crippen molar-refractivity contribution < 1.29 is 5.11 Å². The van der Waals surface area contributed by atoms with Gasteiger partial charge < -0.3 is 10.0 Å². The van der Waals surface area contributed by atoms with Crippen LogP contribution in [0.15, 0.2) is 24.3 Å². The van der Waals surface area contributed by atoms with Gasteiger partial charge in [-0.15, -0.1) is 0 Å². The summed E-state index contributed by atoms with van der Waals surface area (Å²) in [5.74, 6) is 1.13. The smallest absolute Gasteiger partial charge is 0.0434 e. The lowest BCUT2D eigenvalue weighted by molar-refractivity contribution is 0.229. The van der Waals surface area contributed by atoms with Crippen LogP contribution in [0, 0.1) is 5.92 Å². The van der Waals surface area contributed by atoms with Crippen molar-refractivity contribution in [3.05, 3.63) is 29.8 Å². The third-order valence-electron chi connectivity index (χ3n) is 4.72.